The second kappa shape index (κ2) is 35.1. The van der Waals surface area contributed by atoms with E-state index in [-0.39, 0.29) is 0 Å². The summed E-state index contributed by atoms with van der Waals surface area (Å²) in [5.41, 5.74) is 9.45. The average Bonchev–Trinajstić information content (AvgIpc) is 3.62. The maximum Gasteiger partial charge on any atom is 0.123 e. The molecule has 464 valence electrons. The highest BCUT2D eigenvalue weighted by Crippen LogP contribution is 2.30. The standard InChI is InChI=1S/2C36H42N2O6/c2*1-39-33-8-3-6-30(24-33)28-38(27-29-12-14-31(15-13-29)37-16-18-41-19-17-37)32-7-4-10-35(25-32)43-22-20-42-21-23-44-36-11-5-9-34(26-36)40-2/h2*3-15,24-26H,16-23,27-28H2,1-2H3. The number of methoxy groups -OCH3 is 4. The van der Waals surface area contributed by atoms with Crippen LogP contribution in [-0.4, -0.2) is 134 Å². The van der Waals surface area contributed by atoms with Crippen molar-refractivity contribution in [2.24, 2.45) is 0 Å². The highest BCUT2D eigenvalue weighted by Gasteiger charge is 2.17. The van der Waals surface area contributed by atoms with Gasteiger partial charge in [0.2, 0.25) is 0 Å². The van der Waals surface area contributed by atoms with Gasteiger partial charge in [-0.1, -0.05) is 72.8 Å². The van der Waals surface area contributed by atoms with Crippen molar-refractivity contribution in [2.45, 2.75) is 26.2 Å². The van der Waals surface area contributed by atoms with Crippen LogP contribution < -0.4 is 57.5 Å². The Morgan fingerprint density at radius 2 is 0.602 bits per heavy atom. The van der Waals surface area contributed by atoms with E-state index in [1.165, 1.54) is 33.6 Å². The summed E-state index contributed by atoms with van der Waals surface area (Å²) in [5, 5.41) is 0. The van der Waals surface area contributed by atoms with Crippen LogP contribution in [-0.2, 0) is 45.1 Å². The molecule has 8 aromatic rings. The minimum atomic E-state index is 0.446. The molecule has 2 aliphatic heterocycles. The van der Waals surface area contributed by atoms with Gasteiger partial charge in [0.05, 0.1) is 81.3 Å². The topological polar surface area (TPSA) is 124 Å². The maximum atomic E-state index is 6.07. The molecular formula is C72H84N4O12. The lowest BCUT2D eigenvalue weighted by atomic mass is 10.1. The summed E-state index contributed by atoms with van der Waals surface area (Å²) in [5.74, 6) is 6.35. The van der Waals surface area contributed by atoms with Crippen molar-refractivity contribution < 1.29 is 56.8 Å². The van der Waals surface area contributed by atoms with Gasteiger partial charge in [-0.05, 0) is 119 Å². The van der Waals surface area contributed by atoms with Crippen LogP contribution >= 0.6 is 0 Å². The average molecular weight is 1200 g/mol. The van der Waals surface area contributed by atoms with Crippen LogP contribution in [0.2, 0.25) is 0 Å². The number of morpholine rings is 2. The Morgan fingerprint density at radius 1 is 0.307 bits per heavy atom. The van der Waals surface area contributed by atoms with E-state index in [9.17, 15) is 0 Å². The third-order valence-electron chi connectivity index (χ3n) is 14.8. The zero-order chi connectivity index (χ0) is 60.8. The fraction of sp³-hybridized carbons (Fsp3) is 0.333. The van der Waals surface area contributed by atoms with Gasteiger partial charge in [-0.3, -0.25) is 0 Å². The molecular weight excluding hydrogens is 1110 g/mol. The third-order valence-corrected chi connectivity index (χ3v) is 14.8. The lowest BCUT2D eigenvalue weighted by molar-refractivity contribution is 0.0764. The normalized spacial score (nSPS) is 12.9. The van der Waals surface area contributed by atoms with Gasteiger partial charge < -0.3 is 76.4 Å². The Morgan fingerprint density at radius 3 is 0.955 bits per heavy atom. The molecule has 0 amide bonds. The molecule has 16 heteroatoms. The second-order valence-corrected chi connectivity index (χ2v) is 20.9. The number of ether oxygens (including phenoxy) is 12. The van der Waals surface area contributed by atoms with Gasteiger partial charge >= 0.3 is 0 Å². The van der Waals surface area contributed by atoms with Crippen LogP contribution in [0.1, 0.15) is 22.3 Å². The minimum absolute atomic E-state index is 0.446. The number of hydrogen-bond donors (Lipinski definition) is 0. The molecule has 2 aliphatic rings. The van der Waals surface area contributed by atoms with Crippen molar-refractivity contribution in [3.63, 3.8) is 0 Å². The van der Waals surface area contributed by atoms with Crippen molar-refractivity contribution in [1.29, 1.82) is 0 Å². The van der Waals surface area contributed by atoms with Crippen LogP contribution in [0.3, 0.4) is 0 Å². The largest absolute Gasteiger partial charge is 0.497 e. The first kappa shape index (κ1) is 63.7. The van der Waals surface area contributed by atoms with Gasteiger partial charge in [0.15, 0.2) is 0 Å². The molecule has 2 saturated heterocycles. The Bertz CT molecular complexity index is 3070. The molecule has 88 heavy (non-hydrogen) atoms. The molecule has 0 radical (unpaired) electrons. The van der Waals surface area contributed by atoms with E-state index in [1.807, 2.05) is 97.1 Å². The van der Waals surface area contributed by atoms with Gasteiger partial charge in [-0.2, -0.15) is 0 Å². The molecule has 0 unspecified atom stereocenters. The zero-order valence-corrected chi connectivity index (χ0v) is 51.3. The van der Waals surface area contributed by atoms with Crippen LogP contribution in [0.5, 0.6) is 46.0 Å². The molecule has 8 aromatic carbocycles. The Hall–Kier alpha value is -8.80. The summed E-state index contributed by atoms with van der Waals surface area (Å²) < 4.78 is 67.5. The van der Waals surface area contributed by atoms with Crippen LogP contribution in [0.15, 0.2) is 194 Å². The van der Waals surface area contributed by atoms with E-state index in [0.717, 1.165) is 136 Å². The Balaban J connectivity index is 0.000000209. The fourth-order valence-electron chi connectivity index (χ4n) is 10.2. The molecule has 2 fully saturated rings. The van der Waals surface area contributed by atoms with Gasteiger partial charge in [-0.15, -0.1) is 0 Å². The minimum Gasteiger partial charge on any atom is -0.497 e. The van der Waals surface area contributed by atoms with Crippen LogP contribution in [0, 0.1) is 0 Å². The van der Waals surface area contributed by atoms with Crippen molar-refractivity contribution in [2.75, 3.05) is 154 Å². The summed E-state index contributed by atoms with van der Waals surface area (Å²) in [7, 11) is 6.68. The number of hydrogen-bond acceptors (Lipinski definition) is 16. The van der Waals surface area contributed by atoms with E-state index in [1.54, 1.807) is 28.4 Å². The molecule has 0 aliphatic carbocycles. The molecule has 2 heterocycles. The van der Waals surface area contributed by atoms with Crippen molar-refractivity contribution >= 4 is 22.7 Å². The number of benzene rings is 8. The predicted molar refractivity (Wildman–Crippen MR) is 347 cm³/mol. The third kappa shape index (κ3) is 20.7. The van der Waals surface area contributed by atoms with Crippen LogP contribution in [0.4, 0.5) is 22.7 Å². The maximum absolute atomic E-state index is 6.07. The lowest BCUT2D eigenvalue weighted by Gasteiger charge is -2.29. The quantitative estimate of drug-likeness (QED) is 0.0371. The van der Waals surface area contributed by atoms with Crippen molar-refractivity contribution in [3.05, 3.63) is 216 Å². The summed E-state index contributed by atoms with van der Waals surface area (Å²) >= 11 is 0. The predicted octanol–water partition coefficient (Wildman–Crippen LogP) is 12.4. The van der Waals surface area contributed by atoms with E-state index in [0.29, 0.717) is 52.9 Å². The molecule has 0 atom stereocenters. The summed E-state index contributed by atoms with van der Waals surface area (Å²) in [6.07, 6.45) is 0. The fourth-order valence-corrected chi connectivity index (χ4v) is 10.2. The monoisotopic (exact) mass is 1200 g/mol. The number of anilines is 4. The van der Waals surface area contributed by atoms with Crippen molar-refractivity contribution in [1.82, 2.24) is 0 Å². The Labute approximate surface area is 519 Å². The summed E-state index contributed by atoms with van der Waals surface area (Å²) in [4.78, 5) is 9.47. The SMILES string of the molecule is COc1cccc(CN(Cc2ccc(N3CCOCC3)cc2)c2cccc(OCCOCCOc3cccc(OC)c3)c2)c1.COc1cccc(CN(Cc2ccc(N3CCOCC3)cc2)c2cccc(OCCOCCOc3cccc(OC)c3)c2)c1. The lowest BCUT2D eigenvalue weighted by Crippen LogP contribution is -2.36. The van der Waals surface area contributed by atoms with Gasteiger partial charge in [-0.25, -0.2) is 0 Å². The number of rotatable bonds is 32. The van der Waals surface area contributed by atoms with Crippen LogP contribution in [0.25, 0.3) is 0 Å². The molecule has 0 spiro atoms. The molecule has 0 N–H and O–H groups in total. The number of nitrogens with zero attached hydrogens (tertiary/aromatic N) is 4. The summed E-state index contributed by atoms with van der Waals surface area (Å²) in [6.45, 7) is 13.4. The molecule has 0 saturated carbocycles. The van der Waals surface area contributed by atoms with Gasteiger partial charge in [0.25, 0.3) is 0 Å². The zero-order valence-electron chi connectivity index (χ0n) is 51.3. The van der Waals surface area contributed by atoms with E-state index >= 15 is 0 Å². The molecule has 16 nitrogen and oxygen atoms in total. The van der Waals surface area contributed by atoms with Gasteiger partial charge in [0, 0.05) is 99.4 Å². The smallest absolute Gasteiger partial charge is 0.123 e. The van der Waals surface area contributed by atoms with Crippen molar-refractivity contribution in [3.8, 4) is 46.0 Å². The van der Waals surface area contributed by atoms with Gasteiger partial charge in [0.1, 0.15) is 72.4 Å². The molecule has 0 aromatic heterocycles. The highest BCUT2D eigenvalue weighted by atomic mass is 16.6. The summed E-state index contributed by atoms with van der Waals surface area (Å²) in [6, 6.07) is 65.7. The van der Waals surface area contributed by atoms with E-state index in [2.05, 4.69) is 117 Å². The highest BCUT2D eigenvalue weighted by molar-refractivity contribution is 5.55. The van der Waals surface area contributed by atoms with E-state index < -0.39 is 0 Å². The molecule has 0 bridgehead atoms. The Kier molecular flexibility index (Phi) is 25.4. The van der Waals surface area contributed by atoms with E-state index in [4.69, 9.17) is 56.8 Å². The first-order valence-corrected chi connectivity index (χ1v) is 30.1. The first-order valence-electron chi connectivity index (χ1n) is 30.1. The first-order chi connectivity index (χ1) is 43.4. The second-order valence-electron chi connectivity index (χ2n) is 20.9. The molecule has 10 rings (SSSR count).